The average Bonchev–Trinajstić information content (AvgIpc) is 2.84. The average molecular weight is 495 g/mol. The van der Waals surface area contributed by atoms with E-state index in [0.29, 0.717) is 50.6 Å². The molecule has 1 saturated carbocycles. The lowest BCUT2D eigenvalue weighted by Crippen LogP contribution is -2.49. The van der Waals surface area contributed by atoms with Crippen LogP contribution in [0.4, 0.5) is 14.5 Å². The Kier molecular flexibility index (Phi) is 8.03. The van der Waals surface area contributed by atoms with Crippen molar-refractivity contribution >= 4 is 23.2 Å². The van der Waals surface area contributed by atoms with Gasteiger partial charge in [-0.05, 0) is 44.2 Å². The smallest absolute Gasteiger partial charge is 0.316 e. The van der Waals surface area contributed by atoms with E-state index in [1.807, 2.05) is 4.90 Å². The molecule has 1 amide bonds. The van der Waals surface area contributed by atoms with Gasteiger partial charge in [0.1, 0.15) is 17.3 Å². The van der Waals surface area contributed by atoms with Crippen molar-refractivity contribution in [3.8, 4) is 11.4 Å². The zero-order valence-electron chi connectivity index (χ0n) is 19.0. The first-order valence-corrected chi connectivity index (χ1v) is 12.3. The number of anilines is 1. The van der Waals surface area contributed by atoms with E-state index in [9.17, 15) is 18.4 Å². The highest BCUT2D eigenvalue weighted by atomic mass is 35.5. The van der Waals surface area contributed by atoms with Gasteiger partial charge < -0.3 is 14.5 Å². The van der Waals surface area contributed by atoms with E-state index in [0.717, 1.165) is 55.0 Å². The van der Waals surface area contributed by atoms with Gasteiger partial charge in [-0.3, -0.25) is 9.59 Å². The van der Waals surface area contributed by atoms with Gasteiger partial charge in [-0.1, -0.05) is 6.42 Å². The predicted molar refractivity (Wildman–Crippen MR) is 126 cm³/mol. The molecule has 1 aliphatic heterocycles. The molecule has 0 bridgehead atoms. The van der Waals surface area contributed by atoms with Gasteiger partial charge in [0.05, 0.1) is 18.0 Å². The number of alkyl halides is 1. The lowest BCUT2D eigenvalue weighted by molar-refractivity contribution is -0.131. The molecule has 4 rings (SSSR count). The molecule has 184 valence electrons. The molecule has 2 aliphatic rings. The monoisotopic (exact) mass is 494 g/mol. The zero-order valence-corrected chi connectivity index (χ0v) is 19.8. The molecule has 0 radical (unpaired) electrons. The van der Waals surface area contributed by atoms with Crippen LogP contribution in [0.15, 0.2) is 29.2 Å². The molecule has 0 spiro atoms. The summed E-state index contributed by atoms with van der Waals surface area (Å²) < 4.78 is 34.8. The van der Waals surface area contributed by atoms with E-state index < -0.39 is 17.2 Å². The SMILES string of the molecule is O=C(CCCCl)N1CCN(c2cnn(-c3cc(F)cc(F)c3)c(=O)c2OC2CCCCC2)CC1. The number of rotatable bonds is 7. The van der Waals surface area contributed by atoms with Crippen LogP contribution in [-0.4, -0.2) is 58.8 Å². The van der Waals surface area contributed by atoms with Crippen LogP contribution >= 0.6 is 11.6 Å². The number of amides is 1. The molecule has 34 heavy (non-hydrogen) atoms. The molecule has 1 aromatic carbocycles. The van der Waals surface area contributed by atoms with Gasteiger partial charge in [0.25, 0.3) is 0 Å². The maximum Gasteiger partial charge on any atom is 0.316 e. The molecule has 0 N–H and O–H groups in total. The van der Waals surface area contributed by atoms with Gasteiger partial charge in [0.15, 0.2) is 0 Å². The molecule has 0 atom stereocenters. The molecule has 2 fully saturated rings. The van der Waals surface area contributed by atoms with Gasteiger partial charge in [0.2, 0.25) is 11.7 Å². The fourth-order valence-corrected chi connectivity index (χ4v) is 4.67. The summed E-state index contributed by atoms with van der Waals surface area (Å²) in [7, 11) is 0. The highest BCUT2D eigenvalue weighted by Crippen LogP contribution is 2.30. The second-order valence-corrected chi connectivity index (χ2v) is 9.12. The largest absolute Gasteiger partial charge is 0.483 e. The number of piperazine rings is 1. The highest BCUT2D eigenvalue weighted by Gasteiger charge is 2.27. The Morgan fingerprint density at radius 2 is 1.74 bits per heavy atom. The normalized spacial score (nSPS) is 17.1. The molecule has 2 heterocycles. The summed E-state index contributed by atoms with van der Waals surface area (Å²) in [5, 5.41) is 4.21. The minimum atomic E-state index is -0.794. The number of nitrogens with zero attached hydrogens (tertiary/aromatic N) is 4. The van der Waals surface area contributed by atoms with E-state index in [4.69, 9.17) is 16.3 Å². The summed E-state index contributed by atoms with van der Waals surface area (Å²) >= 11 is 5.70. The number of halogens is 3. The number of carbonyl (C=O) groups excluding carboxylic acids is 1. The third-order valence-electron chi connectivity index (χ3n) is 6.34. The molecule has 1 saturated heterocycles. The Hall–Kier alpha value is -2.68. The van der Waals surface area contributed by atoms with Crippen molar-refractivity contribution in [1.82, 2.24) is 14.7 Å². The molecule has 1 aromatic heterocycles. The predicted octanol–water partition coefficient (Wildman–Crippen LogP) is 3.89. The Morgan fingerprint density at radius 3 is 2.38 bits per heavy atom. The second-order valence-electron chi connectivity index (χ2n) is 8.74. The summed E-state index contributed by atoms with van der Waals surface area (Å²) in [6, 6.07) is 2.87. The van der Waals surface area contributed by atoms with Gasteiger partial charge in [0, 0.05) is 44.5 Å². The Bertz CT molecular complexity index is 1050. The van der Waals surface area contributed by atoms with Gasteiger partial charge in [-0.25, -0.2) is 8.78 Å². The standard InChI is InChI=1S/C24H29ClF2N4O3/c25-8-4-7-22(32)30-11-9-29(10-12-30)21-16-28-31(19-14-17(26)13-18(27)15-19)24(33)23(21)34-20-5-2-1-3-6-20/h13-16,20H,1-12H2. The number of hydrogen-bond donors (Lipinski definition) is 0. The van der Waals surface area contributed by atoms with Crippen molar-refractivity contribution in [3.05, 3.63) is 46.4 Å². The van der Waals surface area contributed by atoms with Gasteiger partial charge in [-0.2, -0.15) is 9.78 Å². The van der Waals surface area contributed by atoms with Crippen LogP contribution in [0.2, 0.25) is 0 Å². The van der Waals surface area contributed by atoms with Crippen LogP contribution in [0, 0.1) is 11.6 Å². The zero-order chi connectivity index (χ0) is 24.1. The Morgan fingerprint density at radius 1 is 1.06 bits per heavy atom. The molecule has 0 unspecified atom stereocenters. The van der Waals surface area contributed by atoms with Crippen LogP contribution in [0.25, 0.3) is 5.69 Å². The van der Waals surface area contributed by atoms with E-state index in [2.05, 4.69) is 5.10 Å². The molecule has 10 heteroatoms. The van der Waals surface area contributed by atoms with Crippen molar-refractivity contribution in [2.75, 3.05) is 37.0 Å². The minimum Gasteiger partial charge on any atom is -0.483 e. The summed E-state index contributed by atoms with van der Waals surface area (Å²) in [5.74, 6) is -0.936. The van der Waals surface area contributed by atoms with Crippen molar-refractivity contribution in [2.45, 2.75) is 51.0 Å². The number of hydrogen-bond acceptors (Lipinski definition) is 5. The Labute approximate surface area is 202 Å². The summed E-state index contributed by atoms with van der Waals surface area (Å²) in [6.07, 6.45) is 7.35. The first-order valence-electron chi connectivity index (χ1n) is 11.8. The second kappa shape index (κ2) is 11.2. The maximum atomic E-state index is 13.8. The maximum absolute atomic E-state index is 13.8. The Balaban J connectivity index is 1.62. The van der Waals surface area contributed by atoms with Crippen LogP contribution in [0.3, 0.4) is 0 Å². The molecule has 7 nitrogen and oxygen atoms in total. The fourth-order valence-electron chi connectivity index (χ4n) is 4.53. The van der Waals surface area contributed by atoms with Gasteiger partial charge in [-0.15, -0.1) is 11.6 Å². The van der Waals surface area contributed by atoms with E-state index in [-0.39, 0.29) is 23.4 Å². The van der Waals surface area contributed by atoms with E-state index >= 15 is 0 Å². The molecular weight excluding hydrogens is 466 g/mol. The number of carbonyl (C=O) groups is 1. The quantitative estimate of drug-likeness (QED) is 0.546. The van der Waals surface area contributed by atoms with Crippen molar-refractivity contribution in [2.24, 2.45) is 0 Å². The first kappa shape index (κ1) is 24.4. The van der Waals surface area contributed by atoms with Gasteiger partial charge >= 0.3 is 5.56 Å². The topological polar surface area (TPSA) is 67.7 Å². The number of ether oxygens (including phenoxy) is 1. The van der Waals surface area contributed by atoms with E-state index in [1.165, 1.54) is 6.20 Å². The number of aromatic nitrogens is 2. The third kappa shape index (κ3) is 5.68. The van der Waals surface area contributed by atoms with Crippen molar-refractivity contribution in [1.29, 1.82) is 0 Å². The molecular formula is C24H29ClF2N4O3. The van der Waals surface area contributed by atoms with Crippen LogP contribution in [0.5, 0.6) is 5.75 Å². The van der Waals surface area contributed by atoms with Crippen molar-refractivity contribution in [3.63, 3.8) is 0 Å². The summed E-state index contributed by atoms with van der Waals surface area (Å²) in [5.41, 5.74) is -0.0255. The van der Waals surface area contributed by atoms with Crippen molar-refractivity contribution < 1.29 is 18.3 Å². The van der Waals surface area contributed by atoms with E-state index in [1.54, 1.807) is 4.90 Å². The lowest BCUT2D eigenvalue weighted by Gasteiger charge is -2.37. The first-order chi connectivity index (χ1) is 16.5. The van der Waals surface area contributed by atoms with Crippen LogP contribution in [-0.2, 0) is 4.79 Å². The summed E-state index contributed by atoms with van der Waals surface area (Å²) in [6.45, 7) is 2.07. The highest BCUT2D eigenvalue weighted by molar-refractivity contribution is 6.17. The lowest BCUT2D eigenvalue weighted by atomic mass is 9.98. The number of benzene rings is 1. The molecule has 1 aliphatic carbocycles. The van der Waals surface area contributed by atoms with Crippen LogP contribution in [0.1, 0.15) is 44.9 Å². The van der Waals surface area contributed by atoms with Crippen LogP contribution < -0.4 is 15.2 Å². The molecule has 2 aromatic rings. The fraction of sp³-hybridized carbons (Fsp3) is 0.542. The third-order valence-corrected chi connectivity index (χ3v) is 6.61. The summed E-state index contributed by atoms with van der Waals surface area (Å²) in [4.78, 5) is 29.6. The minimum absolute atomic E-state index is 0.00254.